The molecule has 0 unspecified atom stereocenters. The second-order valence-corrected chi connectivity index (χ2v) is 5.99. The van der Waals surface area contributed by atoms with E-state index in [1.165, 1.54) is 13.0 Å². The van der Waals surface area contributed by atoms with Crippen LogP contribution in [0.15, 0.2) is 42.5 Å². The molecule has 4 nitrogen and oxygen atoms in total. The van der Waals surface area contributed by atoms with Crippen LogP contribution in [-0.2, 0) is 9.59 Å². The van der Waals surface area contributed by atoms with Crippen LogP contribution in [0.3, 0.4) is 0 Å². The Morgan fingerprint density at radius 2 is 1.77 bits per heavy atom. The van der Waals surface area contributed by atoms with Gasteiger partial charge in [0.25, 0.3) is 0 Å². The normalized spacial score (nSPS) is 10.5. The minimum Gasteiger partial charge on any atom is -0.313 e. The summed E-state index contributed by atoms with van der Waals surface area (Å²) in [5.74, 6) is -2.14. The van der Waals surface area contributed by atoms with Crippen molar-refractivity contribution in [3.05, 3.63) is 59.7 Å². The van der Waals surface area contributed by atoms with Gasteiger partial charge in [0.1, 0.15) is 11.6 Å². The first-order valence-electron chi connectivity index (χ1n) is 8.43. The third kappa shape index (κ3) is 4.65. The van der Waals surface area contributed by atoms with Gasteiger partial charge in [-0.1, -0.05) is 12.1 Å². The first-order chi connectivity index (χ1) is 12.3. The molecular weight excluding hydrogens is 338 g/mol. The summed E-state index contributed by atoms with van der Waals surface area (Å²) in [6.45, 7) is 5.58. The maximum Gasteiger partial charge on any atom is 0.228 e. The molecule has 0 bridgehead atoms. The van der Waals surface area contributed by atoms with Gasteiger partial charge in [-0.25, -0.2) is 8.78 Å². The van der Waals surface area contributed by atoms with Crippen molar-refractivity contribution >= 4 is 23.2 Å². The average molecular weight is 360 g/mol. The lowest BCUT2D eigenvalue weighted by Gasteiger charge is -2.25. The van der Waals surface area contributed by atoms with Crippen molar-refractivity contribution < 1.29 is 18.4 Å². The molecule has 0 radical (unpaired) electrons. The van der Waals surface area contributed by atoms with Crippen LogP contribution in [0.4, 0.5) is 20.2 Å². The second kappa shape index (κ2) is 8.56. The number of rotatable bonds is 6. The quantitative estimate of drug-likeness (QED) is 0.779. The minimum atomic E-state index is -0.835. The molecule has 0 aliphatic rings. The molecule has 6 heteroatoms. The smallest absolute Gasteiger partial charge is 0.228 e. The summed E-state index contributed by atoms with van der Waals surface area (Å²) in [6.07, 6.45) is 0.0260. The Kier molecular flexibility index (Phi) is 6.44. The number of anilines is 2. The number of nitrogens with zero attached hydrogens (tertiary/aromatic N) is 2. The molecule has 0 saturated carbocycles. The zero-order valence-corrected chi connectivity index (χ0v) is 15.1. The Labute approximate surface area is 152 Å². The summed E-state index contributed by atoms with van der Waals surface area (Å²) in [6, 6.07) is 10.6. The highest BCUT2D eigenvalue weighted by molar-refractivity contribution is 5.96. The molecule has 0 aromatic heterocycles. The average Bonchev–Trinajstić information content (AvgIpc) is 2.57. The Bertz CT molecular complexity index is 808. The molecule has 0 atom stereocenters. The number of halogens is 2. The maximum absolute atomic E-state index is 14.0. The zero-order chi connectivity index (χ0) is 19.3. The summed E-state index contributed by atoms with van der Waals surface area (Å²) in [4.78, 5) is 27.3. The number of amides is 2. The van der Waals surface area contributed by atoms with E-state index >= 15 is 0 Å². The van der Waals surface area contributed by atoms with Crippen molar-refractivity contribution in [2.24, 2.45) is 0 Å². The molecular formula is C20H22F2N2O2. The molecule has 0 aliphatic carbocycles. The SMILES string of the molecule is CCN(C(=O)CCN(C(C)=O)c1ccc(F)cc1F)c1cccc(C)c1. The van der Waals surface area contributed by atoms with Gasteiger partial charge in [0.2, 0.25) is 11.8 Å². The number of benzene rings is 2. The Balaban J connectivity index is 2.15. The van der Waals surface area contributed by atoms with Gasteiger partial charge in [0.15, 0.2) is 0 Å². The monoisotopic (exact) mass is 360 g/mol. The van der Waals surface area contributed by atoms with E-state index in [0.717, 1.165) is 28.3 Å². The van der Waals surface area contributed by atoms with Crippen LogP contribution < -0.4 is 9.80 Å². The highest BCUT2D eigenvalue weighted by Gasteiger charge is 2.20. The van der Waals surface area contributed by atoms with Gasteiger partial charge in [0, 0.05) is 38.2 Å². The summed E-state index contributed by atoms with van der Waals surface area (Å²) in [5, 5.41) is 0. The number of carbonyl (C=O) groups is 2. The van der Waals surface area contributed by atoms with E-state index in [2.05, 4.69) is 0 Å². The maximum atomic E-state index is 14.0. The van der Waals surface area contributed by atoms with Crippen LogP contribution in [-0.4, -0.2) is 24.9 Å². The second-order valence-electron chi connectivity index (χ2n) is 5.99. The Hall–Kier alpha value is -2.76. The molecule has 0 spiro atoms. The van der Waals surface area contributed by atoms with Crippen LogP contribution in [0.1, 0.15) is 25.8 Å². The molecule has 0 N–H and O–H groups in total. The van der Waals surface area contributed by atoms with Crippen LogP contribution in [0, 0.1) is 18.6 Å². The van der Waals surface area contributed by atoms with Crippen molar-refractivity contribution in [2.75, 3.05) is 22.9 Å². The third-order valence-electron chi connectivity index (χ3n) is 4.06. The summed E-state index contributed by atoms with van der Waals surface area (Å²) < 4.78 is 27.1. The molecule has 2 amide bonds. The lowest BCUT2D eigenvalue weighted by Crippen LogP contribution is -2.36. The molecule has 2 aromatic rings. The van der Waals surface area contributed by atoms with E-state index in [9.17, 15) is 18.4 Å². The van der Waals surface area contributed by atoms with Crippen LogP contribution in [0.2, 0.25) is 0 Å². The zero-order valence-electron chi connectivity index (χ0n) is 15.1. The molecule has 0 fully saturated rings. The van der Waals surface area contributed by atoms with Crippen molar-refractivity contribution in [2.45, 2.75) is 27.2 Å². The Morgan fingerprint density at radius 3 is 2.35 bits per heavy atom. The number of carbonyl (C=O) groups excluding carboxylic acids is 2. The molecule has 2 rings (SSSR count). The summed E-state index contributed by atoms with van der Waals surface area (Å²) >= 11 is 0. The fourth-order valence-corrected chi connectivity index (χ4v) is 2.79. The highest BCUT2D eigenvalue weighted by Crippen LogP contribution is 2.22. The lowest BCUT2D eigenvalue weighted by atomic mass is 10.2. The molecule has 0 heterocycles. The van der Waals surface area contributed by atoms with Crippen LogP contribution >= 0.6 is 0 Å². The largest absolute Gasteiger partial charge is 0.313 e. The first kappa shape index (κ1) is 19.6. The van der Waals surface area contributed by atoms with Gasteiger partial charge >= 0.3 is 0 Å². The predicted octanol–water partition coefficient (Wildman–Crippen LogP) is 4.07. The highest BCUT2D eigenvalue weighted by atomic mass is 19.1. The number of hydrogen-bond acceptors (Lipinski definition) is 2. The van der Waals surface area contributed by atoms with Crippen molar-refractivity contribution in [3.63, 3.8) is 0 Å². The van der Waals surface area contributed by atoms with Gasteiger partial charge in [-0.05, 0) is 43.7 Å². The molecule has 26 heavy (non-hydrogen) atoms. The standard InChI is InChI=1S/C20H22F2N2O2/c1-4-23(17-7-5-6-14(2)12-17)20(26)10-11-24(15(3)25)19-9-8-16(21)13-18(19)22/h5-9,12-13H,4,10-11H2,1-3H3. The fraction of sp³-hybridized carbons (Fsp3) is 0.300. The number of aryl methyl sites for hydroxylation is 1. The molecule has 138 valence electrons. The van der Waals surface area contributed by atoms with Crippen LogP contribution in [0.5, 0.6) is 0 Å². The minimum absolute atomic E-state index is 0.0129. The van der Waals surface area contributed by atoms with E-state index in [-0.39, 0.29) is 24.6 Å². The first-order valence-corrected chi connectivity index (χ1v) is 8.43. The van der Waals surface area contributed by atoms with E-state index in [1.807, 2.05) is 38.1 Å². The van der Waals surface area contributed by atoms with Crippen LogP contribution in [0.25, 0.3) is 0 Å². The van der Waals surface area contributed by atoms with E-state index in [1.54, 1.807) is 4.90 Å². The van der Waals surface area contributed by atoms with Gasteiger partial charge in [-0.3, -0.25) is 9.59 Å². The Morgan fingerprint density at radius 1 is 1.04 bits per heavy atom. The van der Waals surface area contributed by atoms with Crippen molar-refractivity contribution in [1.82, 2.24) is 0 Å². The summed E-state index contributed by atoms with van der Waals surface area (Å²) in [7, 11) is 0. The van der Waals surface area contributed by atoms with E-state index in [0.29, 0.717) is 6.54 Å². The molecule has 0 aliphatic heterocycles. The fourth-order valence-electron chi connectivity index (χ4n) is 2.79. The van der Waals surface area contributed by atoms with Gasteiger partial charge in [0.05, 0.1) is 5.69 Å². The van der Waals surface area contributed by atoms with E-state index in [4.69, 9.17) is 0 Å². The van der Waals surface area contributed by atoms with Gasteiger partial charge < -0.3 is 9.80 Å². The predicted molar refractivity (Wildman–Crippen MR) is 98.2 cm³/mol. The lowest BCUT2D eigenvalue weighted by molar-refractivity contribution is -0.118. The van der Waals surface area contributed by atoms with Crippen molar-refractivity contribution in [1.29, 1.82) is 0 Å². The topological polar surface area (TPSA) is 40.6 Å². The van der Waals surface area contributed by atoms with Crippen molar-refractivity contribution in [3.8, 4) is 0 Å². The number of hydrogen-bond donors (Lipinski definition) is 0. The van der Waals surface area contributed by atoms with Gasteiger partial charge in [-0.15, -0.1) is 0 Å². The molecule has 2 aromatic carbocycles. The molecule has 0 saturated heterocycles. The summed E-state index contributed by atoms with van der Waals surface area (Å²) in [5.41, 5.74) is 1.78. The van der Waals surface area contributed by atoms with Gasteiger partial charge in [-0.2, -0.15) is 0 Å². The third-order valence-corrected chi connectivity index (χ3v) is 4.06. The van der Waals surface area contributed by atoms with E-state index < -0.39 is 17.5 Å².